The van der Waals surface area contributed by atoms with Crippen LogP contribution in [0.25, 0.3) is 0 Å². The van der Waals surface area contributed by atoms with Gasteiger partial charge in [-0.05, 0) is 12.5 Å². The summed E-state index contributed by atoms with van der Waals surface area (Å²) >= 11 is 0. The molecule has 1 aromatic rings. The molecule has 1 unspecified atom stereocenters. The van der Waals surface area contributed by atoms with Crippen molar-refractivity contribution in [3.8, 4) is 5.75 Å². The highest BCUT2D eigenvalue weighted by molar-refractivity contribution is 5.66. The molecule has 1 saturated heterocycles. The van der Waals surface area contributed by atoms with E-state index in [-0.39, 0.29) is 5.69 Å². The lowest BCUT2D eigenvalue weighted by molar-refractivity contribution is -0.384. The highest BCUT2D eigenvalue weighted by atomic mass is 16.6. The minimum Gasteiger partial charge on any atom is -0.497 e. The van der Waals surface area contributed by atoms with Crippen molar-refractivity contribution in [2.75, 3.05) is 25.1 Å². The number of aliphatic hydroxyl groups excluding tert-OH is 1. The van der Waals surface area contributed by atoms with Crippen molar-refractivity contribution in [1.82, 2.24) is 0 Å². The number of β-amino-alcohol motifs (C(OH)–C–C–N with tert-alkyl or cyclic N) is 1. The van der Waals surface area contributed by atoms with Crippen LogP contribution >= 0.6 is 0 Å². The molecule has 0 aliphatic carbocycles. The summed E-state index contributed by atoms with van der Waals surface area (Å²) < 4.78 is 5.06. The first-order valence-electron chi connectivity index (χ1n) is 5.37. The van der Waals surface area contributed by atoms with Crippen LogP contribution in [0.1, 0.15) is 6.42 Å². The Bertz CT molecular complexity index is 435. The van der Waals surface area contributed by atoms with Crippen molar-refractivity contribution in [2.24, 2.45) is 0 Å². The van der Waals surface area contributed by atoms with Crippen LogP contribution in [0.15, 0.2) is 18.2 Å². The molecule has 2 rings (SSSR count). The lowest BCUT2D eigenvalue weighted by Gasteiger charge is -2.18. The lowest BCUT2D eigenvalue weighted by atomic mass is 10.2. The summed E-state index contributed by atoms with van der Waals surface area (Å²) in [5.74, 6) is 0.576. The number of aliphatic hydroxyl groups is 1. The smallest absolute Gasteiger partial charge is 0.292 e. The van der Waals surface area contributed by atoms with Gasteiger partial charge in [-0.3, -0.25) is 10.1 Å². The number of benzene rings is 1. The van der Waals surface area contributed by atoms with Crippen LogP contribution in [-0.2, 0) is 0 Å². The van der Waals surface area contributed by atoms with Gasteiger partial charge in [0.25, 0.3) is 5.69 Å². The maximum Gasteiger partial charge on any atom is 0.292 e. The van der Waals surface area contributed by atoms with Crippen molar-refractivity contribution >= 4 is 11.4 Å². The molecule has 0 aromatic heterocycles. The fraction of sp³-hybridized carbons (Fsp3) is 0.455. The number of anilines is 1. The number of ether oxygens (including phenoxy) is 1. The molecule has 0 radical (unpaired) electrons. The molecule has 0 amide bonds. The van der Waals surface area contributed by atoms with Crippen LogP contribution in [0.2, 0.25) is 0 Å². The van der Waals surface area contributed by atoms with Gasteiger partial charge in [-0.2, -0.15) is 0 Å². The first kappa shape index (κ1) is 11.7. The van der Waals surface area contributed by atoms with Crippen LogP contribution in [0.4, 0.5) is 11.4 Å². The van der Waals surface area contributed by atoms with E-state index >= 15 is 0 Å². The molecule has 1 aliphatic rings. The third-order valence-corrected chi connectivity index (χ3v) is 2.88. The highest BCUT2D eigenvalue weighted by Gasteiger charge is 2.26. The Balaban J connectivity index is 2.38. The van der Waals surface area contributed by atoms with Crippen molar-refractivity contribution in [3.63, 3.8) is 0 Å². The standard InChI is InChI=1S/C11H14N2O4/c1-17-9-2-3-10(13(15)16)11(6-9)12-5-4-8(14)7-12/h2-3,6,8,14H,4-5,7H2,1H3. The number of nitrogens with zero attached hydrogens (tertiary/aromatic N) is 2. The molecular formula is C11H14N2O4. The van der Waals surface area contributed by atoms with E-state index in [4.69, 9.17) is 4.74 Å². The minimum absolute atomic E-state index is 0.0416. The van der Waals surface area contributed by atoms with E-state index in [0.717, 1.165) is 0 Å². The van der Waals surface area contributed by atoms with Crippen LogP contribution in [0, 0.1) is 10.1 Å². The average Bonchev–Trinajstić information content (AvgIpc) is 2.75. The fourth-order valence-corrected chi connectivity index (χ4v) is 2.00. The van der Waals surface area contributed by atoms with Crippen LogP contribution in [0.3, 0.4) is 0 Å². The third kappa shape index (κ3) is 2.31. The summed E-state index contributed by atoms with van der Waals surface area (Å²) in [4.78, 5) is 12.3. The van der Waals surface area contributed by atoms with Crippen molar-refractivity contribution in [1.29, 1.82) is 0 Å². The third-order valence-electron chi connectivity index (χ3n) is 2.88. The molecule has 0 bridgehead atoms. The quantitative estimate of drug-likeness (QED) is 0.632. The zero-order valence-electron chi connectivity index (χ0n) is 9.50. The van der Waals surface area contributed by atoms with E-state index in [1.54, 1.807) is 12.1 Å². The predicted molar refractivity (Wildman–Crippen MR) is 62.5 cm³/mol. The van der Waals surface area contributed by atoms with E-state index in [1.807, 2.05) is 4.90 Å². The second-order valence-corrected chi connectivity index (χ2v) is 4.00. The van der Waals surface area contributed by atoms with Crippen molar-refractivity contribution in [3.05, 3.63) is 28.3 Å². The van der Waals surface area contributed by atoms with Crippen LogP contribution in [-0.4, -0.2) is 36.3 Å². The van der Waals surface area contributed by atoms with E-state index in [0.29, 0.717) is 30.9 Å². The number of rotatable bonds is 3. The maximum absolute atomic E-state index is 10.9. The summed E-state index contributed by atoms with van der Waals surface area (Å²) in [5.41, 5.74) is 0.547. The second kappa shape index (κ2) is 4.58. The molecular weight excluding hydrogens is 224 g/mol. The van der Waals surface area contributed by atoms with Crippen molar-refractivity contribution in [2.45, 2.75) is 12.5 Å². The predicted octanol–water partition coefficient (Wildman–Crippen LogP) is 1.17. The largest absolute Gasteiger partial charge is 0.497 e. The topological polar surface area (TPSA) is 75.8 Å². The molecule has 1 N–H and O–H groups in total. The monoisotopic (exact) mass is 238 g/mol. The maximum atomic E-state index is 10.9. The summed E-state index contributed by atoms with van der Waals surface area (Å²) in [5, 5.41) is 20.4. The Morgan fingerprint density at radius 3 is 2.88 bits per heavy atom. The summed E-state index contributed by atoms with van der Waals surface area (Å²) in [7, 11) is 1.52. The molecule has 6 heteroatoms. The zero-order chi connectivity index (χ0) is 12.4. The molecule has 1 atom stereocenters. The normalized spacial score (nSPS) is 19.4. The SMILES string of the molecule is COc1ccc([N+](=O)[O-])c(N2CCC(O)C2)c1. The molecule has 1 aromatic carbocycles. The Morgan fingerprint density at radius 2 is 2.35 bits per heavy atom. The lowest BCUT2D eigenvalue weighted by Crippen LogP contribution is -2.22. The number of nitro benzene ring substituents is 1. The van der Waals surface area contributed by atoms with Gasteiger partial charge in [0.15, 0.2) is 0 Å². The molecule has 17 heavy (non-hydrogen) atoms. The Kier molecular flexibility index (Phi) is 3.14. The van der Waals surface area contributed by atoms with E-state index < -0.39 is 11.0 Å². The second-order valence-electron chi connectivity index (χ2n) is 4.00. The Labute approximate surface area is 98.6 Å². The molecule has 6 nitrogen and oxygen atoms in total. The van der Waals surface area contributed by atoms with Gasteiger partial charge in [0, 0.05) is 25.2 Å². The summed E-state index contributed by atoms with van der Waals surface area (Å²) in [6, 6.07) is 4.63. The van der Waals surface area contributed by atoms with Gasteiger partial charge in [0.2, 0.25) is 0 Å². The molecule has 1 fully saturated rings. The van der Waals surface area contributed by atoms with Gasteiger partial charge in [0.1, 0.15) is 11.4 Å². The Morgan fingerprint density at radius 1 is 1.59 bits per heavy atom. The van der Waals surface area contributed by atoms with E-state index in [1.165, 1.54) is 13.2 Å². The van der Waals surface area contributed by atoms with Crippen LogP contribution < -0.4 is 9.64 Å². The Hall–Kier alpha value is -1.82. The first-order chi connectivity index (χ1) is 8.11. The first-order valence-corrected chi connectivity index (χ1v) is 5.37. The van der Waals surface area contributed by atoms with E-state index in [9.17, 15) is 15.2 Å². The molecule has 1 heterocycles. The van der Waals surface area contributed by atoms with Gasteiger partial charge >= 0.3 is 0 Å². The van der Waals surface area contributed by atoms with Crippen LogP contribution in [0.5, 0.6) is 5.75 Å². The van der Waals surface area contributed by atoms with Gasteiger partial charge in [-0.25, -0.2) is 0 Å². The fourth-order valence-electron chi connectivity index (χ4n) is 2.00. The molecule has 1 aliphatic heterocycles. The van der Waals surface area contributed by atoms with Gasteiger partial charge in [0.05, 0.1) is 18.1 Å². The molecule has 0 spiro atoms. The van der Waals surface area contributed by atoms with E-state index in [2.05, 4.69) is 0 Å². The number of hydrogen-bond donors (Lipinski definition) is 1. The average molecular weight is 238 g/mol. The summed E-state index contributed by atoms with van der Waals surface area (Å²) in [6.45, 7) is 1.04. The van der Waals surface area contributed by atoms with Gasteiger partial charge in [-0.1, -0.05) is 0 Å². The minimum atomic E-state index is -0.417. The number of methoxy groups -OCH3 is 1. The summed E-state index contributed by atoms with van der Waals surface area (Å²) in [6.07, 6.45) is 0.217. The molecule has 0 saturated carbocycles. The molecule has 92 valence electrons. The highest BCUT2D eigenvalue weighted by Crippen LogP contribution is 2.33. The van der Waals surface area contributed by atoms with Gasteiger partial charge < -0.3 is 14.7 Å². The number of nitro groups is 1. The zero-order valence-corrected chi connectivity index (χ0v) is 9.50. The number of hydrogen-bond acceptors (Lipinski definition) is 5. The van der Waals surface area contributed by atoms with Crippen molar-refractivity contribution < 1.29 is 14.8 Å². The van der Waals surface area contributed by atoms with Gasteiger partial charge in [-0.15, -0.1) is 0 Å².